The number of ether oxygens (including phenoxy) is 2. The van der Waals surface area contributed by atoms with Crippen molar-refractivity contribution >= 4 is 17.3 Å². The van der Waals surface area contributed by atoms with Gasteiger partial charge in [-0.25, -0.2) is 0 Å². The fraction of sp³-hybridized carbons (Fsp3) is 0.381. The molecule has 2 aromatic carbocycles. The highest BCUT2D eigenvalue weighted by Crippen LogP contribution is 2.30. The van der Waals surface area contributed by atoms with Gasteiger partial charge in [-0.2, -0.15) is 0 Å². The summed E-state index contributed by atoms with van der Waals surface area (Å²) in [7, 11) is 1.60. The monoisotopic (exact) mass is 356 g/mol. The molecular weight excluding hydrogens is 328 g/mol. The lowest BCUT2D eigenvalue weighted by Gasteiger charge is -2.17. The van der Waals surface area contributed by atoms with Gasteiger partial charge in [0.05, 0.1) is 13.7 Å². The summed E-state index contributed by atoms with van der Waals surface area (Å²) >= 11 is 0. The van der Waals surface area contributed by atoms with E-state index in [9.17, 15) is 4.79 Å². The van der Waals surface area contributed by atoms with Crippen LogP contribution in [0.1, 0.15) is 39.2 Å². The topological polar surface area (TPSA) is 59.6 Å². The average Bonchev–Trinajstić information content (AvgIpc) is 2.63. The van der Waals surface area contributed by atoms with Crippen molar-refractivity contribution in [1.82, 2.24) is 0 Å². The maximum absolute atomic E-state index is 12.4. The zero-order chi connectivity index (χ0) is 19.1. The first-order chi connectivity index (χ1) is 12.4. The van der Waals surface area contributed by atoms with Gasteiger partial charge in [0.2, 0.25) is 5.91 Å². The predicted molar refractivity (Wildman–Crippen MR) is 106 cm³/mol. The summed E-state index contributed by atoms with van der Waals surface area (Å²) in [6, 6.07) is 13.1. The molecule has 2 rings (SSSR count). The van der Waals surface area contributed by atoms with Crippen LogP contribution in [-0.4, -0.2) is 25.7 Å². The molecule has 0 unspecified atom stereocenters. The number of amides is 1. The highest BCUT2D eigenvalue weighted by molar-refractivity contribution is 5.96. The average molecular weight is 356 g/mol. The molecule has 140 valence electrons. The van der Waals surface area contributed by atoms with Gasteiger partial charge in [-0.15, -0.1) is 0 Å². The Kier molecular flexibility index (Phi) is 6.89. The minimum atomic E-state index is -0.401. The molecule has 0 spiro atoms. The molecule has 0 heterocycles. The van der Waals surface area contributed by atoms with Gasteiger partial charge in [0.1, 0.15) is 6.04 Å². The second-order valence-electron chi connectivity index (χ2n) is 6.43. The zero-order valence-corrected chi connectivity index (χ0v) is 16.1. The number of nitrogens with one attached hydrogen (secondary N) is 2. The van der Waals surface area contributed by atoms with Crippen LogP contribution in [0.2, 0.25) is 0 Å². The van der Waals surface area contributed by atoms with Crippen molar-refractivity contribution < 1.29 is 14.3 Å². The van der Waals surface area contributed by atoms with Crippen LogP contribution in [0.15, 0.2) is 42.5 Å². The van der Waals surface area contributed by atoms with Crippen LogP contribution >= 0.6 is 0 Å². The molecule has 0 fully saturated rings. The van der Waals surface area contributed by atoms with E-state index in [0.29, 0.717) is 24.0 Å². The molecule has 0 saturated heterocycles. The van der Waals surface area contributed by atoms with Crippen molar-refractivity contribution in [3.05, 3.63) is 48.0 Å². The summed E-state index contributed by atoms with van der Waals surface area (Å²) in [4.78, 5) is 12.4. The van der Waals surface area contributed by atoms with Gasteiger partial charge in [0.15, 0.2) is 11.5 Å². The van der Waals surface area contributed by atoms with Gasteiger partial charge in [-0.1, -0.05) is 26.0 Å². The van der Waals surface area contributed by atoms with Crippen molar-refractivity contribution in [3.63, 3.8) is 0 Å². The van der Waals surface area contributed by atoms with Crippen LogP contribution in [0.3, 0.4) is 0 Å². The van der Waals surface area contributed by atoms with Crippen LogP contribution in [0.4, 0.5) is 11.4 Å². The second kappa shape index (κ2) is 9.13. The number of anilines is 2. The lowest BCUT2D eigenvalue weighted by molar-refractivity contribution is -0.116. The Morgan fingerprint density at radius 1 is 1.00 bits per heavy atom. The fourth-order valence-corrected chi connectivity index (χ4v) is 2.55. The van der Waals surface area contributed by atoms with Gasteiger partial charge < -0.3 is 20.1 Å². The van der Waals surface area contributed by atoms with Crippen molar-refractivity contribution in [2.75, 3.05) is 24.4 Å². The highest BCUT2D eigenvalue weighted by Gasteiger charge is 2.14. The minimum absolute atomic E-state index is 0.102. The Bertz CT molecular complexity index is 727. The highest BCUT2D eigenvalue weighted by atomic mass is 16.5. The standard InChI is InChI=1S/C21H28N2O3/c1-6-26-19-12-11-18(13-20(19)25-5)22-15(4)21(24)23-17-9-7-16(8-10-17)14(2)3/h7-15,22H,6H2,1-5H3,(H,23,24)/t15-/m0/s1. The zero-order valence-electron chi connectivity index (χ0n) is 16.1. The Balaban J connectivity index is 2.00. The van der Waals surface area contributed by atoms with Crippen molar-refractivity contribution in [2.24, 2.45) is 0 Å². The van der Waals surface area contributed by atoms with E-state index in [0.717, 1.165) is 11.4 Å². The summed E-state index contributed by atoms with van der Waals surface area (Å²) < 4.78 is 10.8. The molecule has 1 amide bonds. The molecule has 2 N–H and O–H groups in total. The number of carbonyl (C=O) groups excluding carboxylic acids is 1. The van der Waals surface area contributed by atoms with Crippen LogP contribution in [0.5, 0.6) is 11.5 Å². The lowest BCUT2D eigenvalue weighted by Crippen LogP contribution is -2.31. The first-order valence-corrected chi connectivity index (χ1v) is 8.92. The third kappa shape index (κ3) is 5.15. The van der Waals surface area contributed by atoms with E-state index < -0.39 is 6.04 Å². The first kappa shape index (κ1) is 19.6. The number of hydrogen-bond donors (Lipinski definition) is 2. The number of rotatable bonds is 8. The molecule has 5 heteroatoms. The van der Waals surface area contributed by atoms with E-state index in [1.165, 1.54) is 5.56 Å². The third-order valence-corrected chi connectivity index (χ3v) is 4.08. The molecule has 2 aromatic rings. The van der Waals surface area contributed by atoms with Gasteiger partial charge in [0, 0.05) is 17.4 Å². The van der Waals surface area contributed by atoms with Crippen LogP contribution < -0.4 is 20.1 Å². The summed E-state index contributed by atoms with van der Waals surface area (Å²) in [5, 5.41) is 6.12. The van der Waals surface area contributed by atoms with Gasteiger partial charge in [-0.3, -0.25) is 4.79 Å². The molecule has 26 heavy (non-hydrogen) atoms. The smallest absolute Gasteiger partial charge is 0.246 e. The number of carbonyl (C=O) groups is 1. The lowest BCUT2D eigenvalue weighted by atomic mass is 10.0. The molecule has 0 aliphatic carbocycles. The number of hydrogen-bond acceptors (Lipinski definition) is 4. The van der Waals surface area contributed by atoms with Gasteiger partial charge >= 0.3 is 0 Å². The molecule has 5 nitrogen and oxygen atoms in total. The molecule has 1 atom stereocenters. The van der Waals surface area contributed by atoms with Crippen LogP contribution in [0, 0.1) is 0 Å². The summed E-state index contributed by atoms with van der Waals surface area (Å²) in [5.41, 5.74) is 2.83. The van der Waals surface area contributed by atoms with Crippen molar-refractivity contribution in [3.8, 4) is 11.5 Å². The van der Waals surface area contributed by atoms with Crippen LogP contribution in [0.25, 0.3) is 0 Å². The third-order valence-electron chi connectivity index (χ3n) is 4.08. The largest absolute Gasteiger partial charge is 0.493 e. The van der Waals surface area contributed by atoms with E-state index >= 15 is 0 Å². The molecule has 0 aliphatic heterocycles. The van der Waals surface area contributed by atoms with Gasteiger partial charge in [-0.05, 0) is 49.6 Å². The van der Waals surface area contributed by atoms with Crippen molar-refractivity contribution in [1.29, 1.82) is 0 Å². The molecule has 0 aromatic heterocycles. The van der Waals surface area contributed by atoms with Crippen LogP contribution in [-0.2, 0) is 4.79 Å². The van der Waals surface area contributed by atoms with E-state index in [-0.39, 0.29) is 5.91 Å². The first-order valence-electron chi connectivity index (χ1n) is 8.92. The Morgan fingerprint density at radius 3 is 2.23 bits per heavy atom. The summed E-state index contributed by atoms with van der Waals surface area (Å²) in [6.07, 6.45) is 0. The van der Waals surface area contributed by atoms with E-state index in [2.05, 4.69) is 24.5 Å². The predicted octanol–water partition coefficient (Wildman–Crippen LogP) is 4.66. The molecule has 0 radical (unpaired) electrons. The molecular formula is C21H28N2O3. The second-order valence-corrected chi connectivity index (χ2v) is 6.43. The molecule has 0 saturated carbocycles. The minimum Gasteiger partial charge on any atom is -0.493 e. The van der Waals surface area contributed by atoms with Gasteiger partial charge in [0.25, 0.3) is 0 Å². The number of methoxy groups -OCH3 is 1. The van der Waals surface area contributed by atoms with E-state index in [1.807, 2.05) is 56.3 Å². The SMILES string of the molecule is CCOc1ccc(N[C@@H](C)C(=O)Nc2ccc(C(C)C)cc2)cc1OC. The quantitative estimate of drug-likeness (QED) is 0.722. The Labute approximate surface area is 155 Å². The van der Waals surface area contributed by atoms with E-state index in [1.54, 1.807) is 7.11 Å². The summed E-state index contributed by atoms with van der Waals surface area (Å²) in [6.45, 7) is 8.60. The Morgan fingerprint density at radius 2 is 1.65 bits per heavy atom. The van der Waals surface area contributed by atoms with E-state index in [4.69, 9.17) is 9.47 Å². The maximum atomic E-state index is 12.4. The summed E-state index contributed by atoms with van der Waals surface area (Å²) in [5.74, 6) is 1.68. The van der Waals surface area contributed by atoms with Crippen molar-refractivity contribution in [2.45, 2.75) is 39.7 Å². The maximum Gasteiger partial charge on any atom is 0.246 e. The molecule has 0 bridgehead atoms. The molecule has 0 aliphatic rings. The Hall–Kier alpha value is -2.69. The normalized spacial score (nSPS) is 11.8. The fourth-order valence-electron chi connectivity index (χ4n) is 2.55. The number of benzene rings is 2.